The van der Waals surface area contributed by atoms with Crippen LogP contribution in [0.5, 0.6) is 0 Å². The first kappa shape index (κ1) is 13.2. The minimum Gasteiger partial charge on any atom is -0.345 e. The van der Waals surface area contributed by atoms with Gasteiger partial charge in [-0.15, -0.1) is 11.3 Å². The Morgan fingerprint density at radius 2 is 2.28 bits per heavy atom. The molecule has 2 rings (SSSR count). The van der Waals surface area contributed by atoms with Crippen molar-refractivity contribution < 1.29 is 4.79 Å². The molecule has 0 fully saturated rings. The monoisotopic (exact) mass is 325 g/mol. The van der Waals surface area contributed by atoms with E-state index in [0.717, 1.165) is 15.9 Å². The van der Waals surface area contributed by atoms with E-state index >= 15 is 0 Å². The van der Waals surface area contributed by atoms with Gasteiger partial charge in [0, 0.05) is 27.9 Å². The third-order valence-corrected chi connectivity index (χ3v) is 3.89. The molecule has 6 heteroatoms. The molecule has 0 unspecified atom stereocenters. The summed E-state index contributed by atoms with van der Waals surface area (Å²) in [4.78, 5) is 21.3. The number of halogens is 1. The van der Waals surface area contributed by atoms with Gasteiger partial charge in [0.1, 0.15) is 5.01 Å². The maximum atomic E-state index is 11.9. The van der Waals surface area contributed by atoms with Crippen molar-refractivity contribution in [2.75, 3.05) is 0 Å². The molecule has 2 heterocycles. The Labute approximate surface area is 118 Å². The predicted molar refractivity (Wildman–Crippen MR) is 74.6 cm³/mol. The zero-order valence-electron chi connectivity index (χ0n) is 9.81. The Balaban J connectivity index is 1.96. The molecule has 0 saturated carbocycles. The van der Waals surface area contributed by atoms with Crippen LogP contribution in [0.4, 0.5) is 0 Å². The second-order valence-corrected chi connectivity index (χ2v) is 5.76. The molecule has 0 aromatic carbocycles. The van der Waals surface area contributed by atoms with Gasteiger partial charge < -0.3 is 5.32 Å². The van der Waals surface area contributed by atoms with Crippen LogP contribution < -0.4 is 5.32 Å². The number of nitrogens with one attached hydrogen (secondary N) is 1. The lowest BCUT2D eigenvalue weighted by atomic mass is 10.3. The first-order chi connectivity index (χ1) is 8.69. The highest BCUT2D eigenvalue weighted by Crippen LogP contribution is 2.13. The van der Waals surface area contributed by atoms with Crippen molar-refractivity contribution >= 4 is 33.2 Å². The lowest BCUT2D eigenvalue weighted by molar-refractivity contribution is 0.0950. The van der Waals surface area contributed by atoms with Crippen molar-refractivity contribution in [2.45, 2.75) is 19.9 Å². The summed E-state index contributed by atoms with van der Waals surface area (Å²) in [5.41, 5.74) is 0.539. The Morgan fingerprint density at radius 3 is 2.94 bits per heavy atom. The number of rotatable bonds is 4. The maximum Gasteiger partial charge on any atom is 0.253 e. The zero-order chi connectivity index (χ0) is 13.0. The smallest absolute Gasteiger partial charge is 0.253 e. The number of thiazole rings is 1. The molecule has 0 atom stereocenters. The minimum absolute atomic E-state index is 0.142. The van der Waals surface area contributed by atoms with Crippen molar-refractivity contribution in [1.29, 1.82) is 0 Å². The summed E-state index contributed by atoms with van der Waals surface area (Å²) in [6.07, 6.45) is 6.01. The summed E-state index contributed by atoms with van der Waals surface area (Å²) < 4.78 is 0.790. The van der Waals surface area contributed by atoms with E-state index in [4.69, 9.17) is 0 Å². The molecule has 2 aromatic heterocycles. The lowest BCUT2D eigenvalue weighted by Crippen LogP contribution is -2.22. The van der Waals surface area contributed by atoms with Gasteiger partial charge in [-0.3, -0.25) is 9.78 Å². The standard InChI is InChI=1S/C12H12BrN3OS/c1-2-10-6-15-11(18-10)7-16-12(17)8-3-9(13)5-14-4-8/h3-6H,2,7H2,1H3,(H,16,17). The first-order valence-electron chi connectivity index (χ1n) is 5.51. The lowest BCUT2D eigenvalue weighted by Gasteiger charge is -2.02. The van der Waals surface area contributed by atoms with Crippen LogP contribution in [0.3, 0.4) is 0 Å². The molecule has 2 aromatic rings. The molecule has 94 valence electrons. The second-order valence-electron chi connectivity index (χ2n) is 3.65. The molecule has 0 aliphatic carbocycles. The van der Waals surface area contributed by atoms with Crippen molar-refractivity contribution in [3.63, 3.8) is 0 Å². The average molecular weight is 326 g/mol. The summed E-state index contributed by atoms with van der Waals surface area (Å²) in [5.74, 6) is -0.142. The molecule has 1 N–H and O–H groups in total. The number of carbonyl (C=O) groups is 1. The maximum absolute atomic E-state index is 11.9. The molecule has 0 radical (unpaired) electrons. The molecule has 18 heavy (non-hydrogen) atoms. The van der Waals surface area contributed by atoms with E-state index in [1.165, 1.54) is 4.88 Å². The van der Waals surface area contributed by atoms with Crippen LogP contribution in [-0.2, 0) is 13.0 Å². The zero-order valence-corrected chi connectivity index (χ0v) is 12.2. The van der Waals surface area contributed by atoms with Gasteiger partial charge in [-0.2, -0.15) is 0 Å². The van der Waals surface area contributed by atoms with E-state index in [-0.39, 0.29) is 5.91 Å². The number of aromatic nitrogens is 2. The van der Waals surface area contributed by atoms with E-state index in [2.05, 4.69) is 38.1 Å². The molecule has 0 aliphatic rings. The SMILES string of the molecule is CCc1cnc(CNC(=O)c2cncc(Br)c2)s1. The normalized spacial score (nSPS) is 10.3. The van der Waals surface area contributed by atoms with Crippen LogP contribution in [-0.4, -0.2) is 15.9 Å². The minimum atomic E-state index is -0.142. The van der Waals surface area contributed by atoms with Gasteiger partial charge >= 0.3 is 0 Å². The summed E-state index contributed by atoms with van der Waals surface area (Å²) in [7, 11) is 0. The van der Waals surface area contributed by atoms with Gasteiger partial charge in [0.15, 0.2) is 0 Å². The van der Waals surface area contributed by atoms with Crippen LogP contribution in [0.2, 0.25) is 0 Å². The van der Waals surface area contributed by atoms with Crippen LogP contribution in [0.15, 0.2) is 29.1 Å². The third kappa shape index (κ3) is 3.36. The average Bonchev–Trinajstić information content (AvgIpc) is 2.84. The number of carbonyl (C=O) groups excluding carboxylic acids is 1. The number of hydrogen-bond acceptors (Lipinski definition) is 4. The highest BCUT2D eigenvalue weighted by molar-refractivity contribution is 9.10. The Morgan fingerprint density at radius 1 is 1.44 bits per heavy atom. The molecular weight excluding hydrogens is 314 g/mol. The van der Waals surface area contributed by atoms with Crippen molar-refractivity contribution in [1.82, 2.24) is 15.3 Å². The van der Waals surface area contributed by atoms with E-state index in [1.54, 1.807) is 29.8 Å². The number of pyridine rings is 1. The van der Waals surface area contributed by atoms with E-state index in [0.29, 0.717) is 12.1 Å². The van der Waals surface area contributed by atoms with Gasteiger partial charge in [-0.1, -0.05) is 6.92 Å². The largest absolute Gasteiger partial charge is 0.345 e. The fourth-order valence-corrected chi connectivity index (χ4v) is 2.55. The molecule has 0 saturated heterocycles. The fourth-order valence-electron chi connectivity index (χ4n) is 1.39. The van der Waals surface area contributed by atoms with Crippen molar-refractivity contribution in [3.05, 3.63) is 44.6 Å². The highest BCUT2D eigenvalue weighted by Gasteiger charge is 2.07. The van der Waals surface area contributed by atoms with Gasteiger partial charge in [-0.05, 0) is 28.4 Å². The molecule has 0 bridgehead atoms. The molecule has 0 aliphatic heterocycles. The second kappa shape index (κ2) is 6.06. The van der Waals surface area contributed by atoms with Crippen LogP contribution in [0.25, 0.3) is 0 Å². The van der Waals surface area contributed by atoms with Crippen molar-refractivity contribution in [3.8, 4) is 0 Å². The summed E-state index contributed by atoms with van der Waals surface area (Å²) in [6.45, 7) is 2.54. The van der Waals surface area contributed by atoms with Gasteiger partial charge in [0.05, 0.1) is 12.1 Å². The predicted octanol–water partition coefficient (Wildman–Crippen LogP) is 2.79. The van der Waals surface area contributed by atoms with Gasteiger partial charge in [0.2, 0.25) is 0 Å². The van der Waals surface area contributed by atoms with E-state index in [9.17, 15) is 4.79 Å². The molecule has 0 spiro atoms. The molecule has 4 nitrogen and oxygen atoms in total. The highest BCUT2D eigenvalue weighted by atomic mass is 79.9. The van der Waals surface area contributed by atoms with E-state index < -0.39 is 0 Å². The summed E-state index contributed by atoms with van der Waals surface area (Å²) >= 11 is 4.91. The van der Waals surface area contributed by atoms with Crippen LogP contribution >= 0.6 is 27.3 Å². The number of hydrogen-bond donors (Lipinski definition) is 1. The molecule has 1 amide bonds. The van der Waals surface area contributed by atoms with Gasteiger partial charge in [-0.25, -0.2) is 4.98 Å². The third-order valence-electron chi connectivity index (χ3n) is 2.32. The summed E-state index contributed by atoms with van der Waals surface area (Å²) in [6, 6.07) is 1.74. The topological polar surface area (TPSA) is 54.9 Å². The van der Waals surface area contributed by atoms with Crippen molar-refractivity contribution in [2.24, 2.45) is 0 Å². The van der Waals surface area contributed by atoms with Gasteiger partial charge in [0.25, 0.3) is 5.91 Å². The van der Waals surface area contributed by atoms with Crippen LogP contribution in [0.1, 0.15) is 27.2 Å². The van der Waals surface area contributed by atoms with Crippen LogP contribution in [0, 0.1) is 0 Å². The molecular formula is C12H12BrN3OS. The number of aryl methyl sites for hydroxylation is 1. The Bertz CT molecular complexity index is 556. The fraction of sp³-hybridized carbons (Fsp3) is 0.250. The Kier molecular flexibility index (Phi) is 4.43. The number of amides is 1. The first-order valence-corrected chi connectivity index (χ1v) is 7.12. The van der Waals surface area contributed by atoms with E-state index in [1.807, 2.05) is 6.20 Å². The quantitative estimate of drug-likeness (QED) is 0.940. The summed E-state index contributed by atoms with van der Waals surface area (Å²) in [5, 5.41) is 3.75. The number of nitrogens with zero attached hydrogens (tertiary/aromatic N) is 2. The Hall–Kier alpha value is -1.27.